The van der Waals surface area contributed by atoms with E-state index in [9.17, 15) is 18.0 Å². The average molecular weight is 375 g/mol. The van der Waals surface area contributed by atoms with E-state index in [1.54, 1.807) is 36.5 Å². The molecule has 2 aromatic carbocycles. The van der Waals surface area contributed by atoms with Gasteiger partial charge in [0.15, 0.2) is 0 Å². The van der Waals surface area contributed by atoms with Crippen molar-refractivity contribution in [1.82, 2.24) is 9.78 Å². The highest BCUT2D eigenvalue weighted by Crippen LogP contribution is 2.33. The van der Waals surface area contributed by atoms with Crippen LogP contribution in [0.1, 0.15) is 11.1 Å². The molecule has 5 nitrogen and oxygen atoms in total. The van der Waals surface area contributed by atoms with E-state index in [1.807, 2.05) is 0 Å². The number of anilines is 1. The highest BCUT2D eigenvalue weighted by molar-refractivity contribution is 5.94. The summed E-state index contributed by atoms with van der Waals surface area (Å²) < 4.78 is 45.6. The Labute approximate surface area is 153 Å². The summed E-state index contributed by atoms with van der Waals surface area (Å²) in [5.41, 5.74) is 0.238. The molecule has 0 radical (unpaired) electrons. The van der Waals surface area contributed by atoms with Crippen molar-refractivity contribution in [3.63, 3.8) is 0 Å². The van der Waals surface area contributed by atoms with Crippen LogP contribution in [0.4, 0.5) is 18.9 Å². The number of hydrogen-bond acceptors (Lipinski definition) is 3. The van der Waals surface area contributed by atoms with Crippen LogP contribution in [0.15, 0.2) is 60.9 Å². The van der Waals surface area contributed by atoms with E-state index in [1.165, 1.54) is 24.1 Å². The van der Waals surface area contributed by atoms with Gasteiger partial charge in [0.1, 0.15) is 5.75 Å². The van der Waals surface area contributed by atoms with Crippen LogP contribution in [-0.2, 0) is 17.4 Å². The molecule has 0 saturated heterocycles. The highest BCUT2D eigenvalue weighted by Gasteiger charge is 2.31. The molecule has 0 atom stereocenters. The van der Waals surface area contributed by atoms with E-state index in [-0.39, 0.29) is 12.1 Å². The van der Waals surface area contributed by atoms with Crippen molar-refractivity contribution in [2.24, 2.45) is 0 Å². The molecule has 0 bridgehead atoms. The fraction of sp³-hybridized carbons (Fsp3) is 0.158. The van der Waals surface area contributed by atoms with Gasteiger partial charge >= 0.3 is 6.18 Å². The molecule has 0 aliphatic rings. The summed E-state index contributed by atoms with van der Waals surface area (Å²) in [4.78, 5) is 12.4. The second-order valence-corrected chi connectivity index (χ2v) is 5.75. The van der Waals surface area contributed by atoms with Gasteiger partial charge in [0.05, 0.1) is 30.5 Å². The zero-order valence-electron chi connectivity index (χ0n) is 14.3. The quantitative estimate of drug-likeness (QED) is 0.731. The monoisotopic (exact) mass is 375 g/mol. The predicted octanol–water partition coefficient (Wildman–Crippen LogP) is 4.08. The molecule has 0 fully saturated rings. The molecule has 1 aromatic heterocycles. The van der Waals surface area contributed by atoms with Gasteiger partial charge in [-0.1, -0.05) is 12.1 Å². The lowest BCUT2D eigenvalue weighted by molar-refractivity contribution is -0.137. The van der Waals surface area contributed by atoms with E-state index in [2.05, 4.69) is 10.4 Å². The first-order valence-corrected chi connectivity index (χ1v) is 8.01. The van der Waals surface area contributed by atoms with Gasteiger partial charge in [0.2, 0.25) is 5.91 Å². The topological polar surface area (TPSA) is 56.1 Å². The number of methoxy groups -OCH3 is 1. The Bertz CT molecular complexity index is 920. The third-order valence-electron chi connectivity index (χ3n) is 3.87. The number of carbonyl (C=O) groups excluding carboxylic acids is 1. The number of ether oxygens (including phenoxy) is 1. The molecule has 8 heteroatoms. The molecule has 3 rings (SSSR count). The van der Waals surface area contributed by atoms with E-state index >= 15 is 0 Å². The standard InChI is InChI=1S/C19H16F3N3O2/c1-27-15-6-3-13(4-7-15)11-18(26)24-16-12-14(19(20,21)22)5-8-17(16)25-10-2-9-23-25/h2-10,12H,11H2,1H3,(H,24,26). The minimum absolute atomic E-state index is 0.0127. The predicted molar refractivity (Wildman–Crippen MR) is 93.9 cm³/mol. The number of alkyl halides is 3. The normalized spacial score (nSPS) is 11.3. The second-order valence-electron chi connectivity index (χ2n) is 5.75. The van der Waals surface area contributed by atoms with Crippen LogP contribution in [0, 0.1) is 0 Å². The molecule has 1 heterocycles. The van der Waals surface area contributed by atoms with Gasteiger partial charge in [-0.05, 0) is 42.0 Å². The minimum atomic E-state index is -4.52. The van der Waals surface area contributed by atoms with Crippen molar-refractivity contribution in [3.8, 4) is 11.4 Å². The lowest BCUT2D eigenvalue weighted by Crippen LogP contribution is -2.17. The molecular formula is C19H16F3N3O2. The van der Waals surface area contributed by atoms with Crippen LogP contribution in [0.3, 0.4) is 0 Å². The van der Waals surface area contributed by atoms with Gasteiger partial charge in [0.25, 0.3) is 0 Å². The number of nitrogens with one attached hydrogen (secondary N) is 1. The van der Waals surface area contributed by atoms with Crippen LogP contribution in [0.25, 0.3) is 5.69 Å². The van der Waals surface area contributed by atoms with E-state index in [0.717, 1.165) is 12.1 Å². The lowest BCUT2D eigenvalue weighted by atomic mass is 10.1. The molecule has 1 amide bonds. The Balaban J connectivity index is 1.85. The third kappa shape index (κ3) is 4.46. The van der Waals surface area contributed by atoms with Crippen LogP contribution in [0.2, 0.25) is 0 Å². The van der Waals surface area contributed by atoms with E-state index in [0.29, 0.717) is 17.0 Å². The average Bonchev–Trinajstić information content (AvgIpc) is 3.16. The van der Waals surface area contributed by atoms with Crippen LogP contribution < -0.4 is 10.1 Å². The van der Waals surface area contributed by atoms with Crippen molar-refractivity contribution in [1.29, 1.82) is 0 Å². The van der Waals surface area contributed by atoms with Crippen molar-refractivity contribution in [2.75, 3.05) is 12.4 Å². The molecule has 0 aliphatic heterocycles. The zero-order valence-corrected chi connectivity index (χ0v) is 14.3. The molecule has 1 N–H and O–H groups in total. The Kier molecular flexibility index (Phi) is 5.16. The number of aromatic nitrogens is 2. The van der Waals surface area contributed by atoms with Crippen LogP contribution >= 0.6 is 0 Å². The van der Waals surface area contributed by atoms with Crippen LogP contribution in [-0.4, -0.2) is 22.8 Å². The summed E-state index contributed by atoms with van der Waals surface area (Å²) in [5, 5.41) is 6.58. The summed E-state index contributed by atoms with van der Waals surface area (Å²) in [7, 11) is 1.53. The first kappa shape index (κ1) is 18.5. The van der Waals surface area contributed by atoms with Crippen molar-refractivity contribution >= 4 is 11.6 Å². The number of benzene rings is 2. The van der Waals surface area contributed by atoms with Crippen LogP contribution in [0.5, 0.6) is 5.75 Å². The summed E-state index contributed by atoms with van der Waals surface area (Å²) in [6.45, 7) is 0. The minimum Gasteiger partial charge on any atom is -0.497 e. The van der Waals surface area contributed by atoms with Gasteiger partial charge in [-0.15, -0.1) is 0 Å². The molecule has 0 spiro atoms. The smallest absolute Gasteiger partial charge is 0.416 e. The molecule has 27 heavy (non-hydrogen) atoms. The third-order valence-corrected chi connectivity index (χ3v) is 3.87. The zero-order chi connectivity index (χ0) is 19.4. The van der Waals surface area contributed by atoms with Gasteiger partial charge in [0, 0.05) is 12.4 Å². The number of nitrogens with zero attached hydrogens (tertiary/aromatic N) is 2. The van der Waals surface area contributed by atoms with Crippen molar-refractivity contribution < 1.29 is 22.7 Å². The largest absolute Gasteiger partial charge is 0.497 e. The molecule has 0 aliphatic carbocycles. The highest BCUT2D eigenvalue weighted by atomic mass is 19.4. The number of rotatable bonds is 5. The van der Waals surface area contributed by atoms with E-state index in [4.69, 9.17) is 4.74 Å². The maximum atomic E-state index is 13.1. The Hall–Kier alpha value is -3.29. The molecule has 0 unspecified atom stereocenters. The van der Waals surface area contributed by atoms with Gasteiger partial charge in [-0.3, -0.25) is 4.79 Å². The number of carbonyl (C=O) groups is 1. The van der Waals surface area contributed by atoms with Gasteiger partial charge < -0.3 is 10.1 Å². The summed E-state index contributed by atoms with van der Waals surface area (Å²) in [6.07, 6.45) is -1.42. The Morgan fingerprint density at radius 1 is 1.19 bits per heavy atom. The fourth-order valence-corrected chi connectivity index (χ4v) is 2.55. The maximum Gasteiger partial charge on any atom is 0.416 e. The number of amides is 1. The second kappa shape index (κ2) is 7.53. The lowest BCUT2D eigenvalue weighted by Gasteiger charge is -2.15. The summed E-state index contributed by atoms with van der Waals surface area (Å²) in [6, 6.07) is 11.6. The Morgan fingerprint density at radius 2 is 1.93 bits per heavy atom. The SMILES string of the molecule is COc1ccc(CC(=O)Nc2cc(C(F)(F)F)ccc2-n2cccn2)cc1. The van der Waals surface area contributed by atoms with Crippen molar-refractivity contribution in [3.05, 3.63) is 72.1 Å². The molecule has 0 saturated carbocycles. The number of halogens is 3. The summed E-state index contributed by atoms with van der Waals surface area (Å²) >= 11 is 0. The van der Waals surface area contributed by atoms with Crippen molar-refractivity contribution in [2.45, 2.75) is 12.6 Å². The first-order valence-electron chi connectivity index (χ1n) is 8.01. The van der Waals surface area contributed by atoms with Gasteiger partial charge in [-0.25, -0.2) is 4.68 Å². The fourth-order valence-electron chi connectivity index (χ4n) is 2.55. The summed E-state index contributed by atoms with van der Waals surface area (Å²) in [5.74, 6) is 0.214. The van der Waals surface area contributed by atoms with E-state index < -0.39 is 17.6 Å². The molecular weight excluding hydrogens is 359 g/mol. The maximum absolute atomic E-state index is 13.1. The molecule has 140 valence electrons. The number of hydrogen-bond donors (Lipinski definition) is 1. The first-order chi connectivity index (χ1) is 12.9. The molecule has 3 aromatic rings. The Morgan fingerprint density at radius 3 is 2.52 bits per heavy atom. The van der Waals surface area contributed by atoms with Gasteiger partial charge in [-0.2, -0.15) is 18.3 Å².